The summed E-state index contributed by atoms with van der Waals surface area (Å²) in [4.78, 5) is 12.3. The Morgan fingerprint density at radius 3 is 2.50 bits per heavy atom. The maximum Gasteiger partial charge on any atom is 0.271 e. The molecule has 0 amide bonds. The predicted molar refractivity (Wildman–Crippen MR) is 64.2 cm³/mol. The quantitative estimate of drug-likeness (QED) is 0.589. The van der Waals surface area contributed by atoms with Crippen LogP contribution in [0.5, 0.6) is 0 Å². The van der Waals surface area contributed by atoms with E-state index in [2.05, 4.69) is 4.90 Å². The lowest BCUT2D eigenvalue weighted by molar-refractivity contribution is -0.384. The number of halogens is 1. The van der Waals surface area contributed by atoms with Crippen molar-refractivity contribution in [3.05, 3.63) is 33.3 Å². The van der Waals surface area contributed by atoms with E-state index < -0.39 is 4.92 Å². The monoisotopic (exact) mass is 240 g/mol. The first-order chi connectivity index (χ1) is 7.68. The van der Waals surface area contributed by atoms with Crippen LogP contribution in [0.4, 0.5) is 11.4 Å². The lowest BCUT2D eigenvalue weighted by Gasteiger charge is -2.29. The number of nitro benzene ring substituents is 1. The average Bonchev–Trinajstić information content (AvgIpc) is 2.30. The van der Waals surface area contributed by atoms with Gasteiger partial charge in [-0.1, -0.05) is 11.6 Å². The molecule has 1 aromatic carbocycles. The third-order valence-electron chi connectivity index (χ3n) is 2.84. The van der Waals surface area contributed by atoms with Gasteiger partial charge in [0, 0.05) is 25.2 Å². The summed E-state index contributed by atoms with van der Waals surface area (Å²) in [7, 11) is 0. The van der Waals surface area contributed by atoms with Crippen LogP contribution in [-0.4, -0.2) is 18.0 Å². The molecule has 2 rings (SSSR count). The zero-order valence-electron chi connectivity index (χ0n) is 8.86. The van der Waals surface area contributed by atoms with Crippen molar-refractivity contribution in [1.29, 1.82) is 0 Å². The van der Waals surface area contributed by atoms with E-state index in [0.717, 1.165) is 31.6 Å². The number of anilines is 1. The van der Waals surface area contributed by atoms with Gasteiger partial charge in [-0.3, -0.25) is 10.1 Å². The fraction of sp³-hybridized carbons (Fsp3) is 0.455. The number of non-ortho nitro benzene ring substituents is 1. The molecule has 4 nitrogen and oxygen atoms in total. The van der Waals surface area contributed by atoms with Gasteiger partial charge in [-0.15, -0.1) is 0 Å². The number of benzene rings is 1. The van der Waals surface area contributed by atoms with Crippen molar-refractivity contribution < 1.29 is 4.92 Å². The molecule has 1 aromatic rings. The first-order valence-electron chi connectivity index (χ1n) is 5.37. The molecule has 0 atom stereocenters. The van der Waals surface area contributed by atoms with E-state index in [1.54, 1.807) is 6.07 Å². The highest BCUT2D eigenvalue weighted by molar-refractivity contribution is 6.33. The Morgan fingerprint density at radius 2 is 1.94 bits per heavy atom. The molecule has 5 heteroatoms. The summed E-state index contributed by atoms with van der Waals surface area (Å²) in [6.45, 7) is 1.97. The molecule has 0 bridgehead atoms. The Labute approximate surface area is 99.0 Å². The number of nitrogens with zero attached hydrogens (tertiary/aromatic N) is 2. The summed E-state index contributed by atoms with van der Waals surface area (Å²) in [6.07, 6.45) is 3.57. The van der Waals surface area contributed by atoms with Gasteiger partial charge in [0.25, 0.3) is 5.69 Å². The molecular weight excluding hydrogens is 228 g/mol. The van der Waals surface area contributed by atoms with Gasteiger partial charge < -0.3 is 4.90 Å². The normalized spacial score (nSPS) is 16.2. The highest BCUT2D eigenvalue weighted by atomic mass is 35.5. The van der Waals surface area contributed by atoms with Crippen LogP contribution in [0.3, 0.4) is 0 Å². The van der Waals surface area contributed by atoms with Crippen LogP contribution < -0.4 is 4.90 Å². The van der Waals surface area contributed by atoms with Crippen molar-refractivity contribution in [3.63, 3.8) is 0 Å². The van der Waals surface area contributed by atoms with Crippen molar-refractivity contribution in [3.8, 4) is 0 Å². The smallest absolute Gasteiger partial charge is 0.271 e. The van der Waals surface area contributed by atoms with Gasteiger partial charge in [-0.25, -0.2) is 0 Å². The fourth-order valence-corrected chi connectivity index (χ4v) is 2.29. The summed E-state index contributed by atoms with van der Waals surface area (Å²) in [5.74, 6) is 0. The summed E-state index contributed by atoms with van der Waals surface area (Å²) >= 11 is 6.06. The lowest BCUT2D eigenvalue weighted by Crippen LogP contribution is -2.29. The van der Waals surface area contributed by atoms with E-state index in [4.69, 9.17) is 11.6 Å². The Balaban J connectivity index is 2.24. The molecule has 0 saturated carbocycles. The van der Waals surface area contributed by atoms with E-state index in [9.17, 15) is 10.1 Å². The van der Waals surface area contributed by atoms with Crippen molar-refractivity contribution in [2.75, 3.05) is 18.0 Å². The van der Waals surface area contributed by atoms with Crippen LogP contribution in [0, 0.1) is 10.1 Å². The fourth-order valence-electron chi connectivity index (χ4n) is 2.00. The van der Waals surface area contributed by atoms with Crippen LogP contribution in [0.15, 0.2) is 18.2 Å². The molecule has 1 aliphatic heterocycles. The van der Waals surface area contributed by atoms with Gasteiger partial charge in [0.1, 0.15) is 0 Å². The molecule has 0 aliphatic carbocycles. The summed E-state index contributed by atoms with van der Waals surface area (Å²) in [5.41, 5.74) is 0.956. The minimum absolute atomic E-state index is 0.0470. The molecule has 0 radical (unpaired) electrons. The Kier molecular flexibility index (Phi) is 3.29. The average molecular weight is 241 g/mol. The first kappa shape index (κ1) is 11.2. The van der Waals surface area contributed by atoms with Gasteiger partial charge in [-0.2, -0.15) is 0 Å². The molecule has 1 fully saturated rings. The van der Waals surface area contributed by atoms with Crippen LogP contribution in [0.25, 0.3) is 0 Å². The number of hydrogen-bond acceptors (Lipinski definition) is 3. The molecule has 1 saturated heterocycles. The zero-order chi connectivity index (χ0) is 11.5. The highest BCUT2D eigenvalue weighted by Crippen LogP contribution is 2.31. The van der Waals surface area contributed by atoms with E-state index in [1.807, 2.05) is 0 Å². The van der Waals surface area contributed by atoms with Gasteiger partial charge >= 0.3 is 0 Å². The molecule has 0 spiro atoms. The molecule has 0 unspecified atom stereocenters. The largest absolute Gasteiger partial charge is 0.370 e. The number of rotatable bonds is 2. The third kappa shape index (κ3) is 2.27. The van der Waals surface area contributed by atoms with Crippen molar-refractivity contribution >= 4 is 23.0 Å². The Morgan fingerprint density at radius 1 is 1.25 bits per heavy atom. The molecule has 16 heavy (non-hydrogen) atoms. The van der Waals surface area contributed by atoms with Crippen molar-refractivity contribution in [2.45, 2.75) is 19.3 Å². The molecule has 86 valence electrons. The highest BCUT2D eigenvalue weighted by Gasteiger charge is 2.16. The predicted octanol–water partition coefficient (Wildman–Crippen LogP) is 3.24. The van der Waals surface area contributed by atoms with Crippen LogP contribution in [0.1, 0.15) is 19.3 Å². The molecule has 1 aliphatic rings. The summed E-state index contributed by atoms with van der Waals surface area (Å²) in [6, 6.07) is 4.67. The minimum atomic E-state index is -0.425. The lowest BCUT2D eigenvalue weighted by atomic mass is 10.1. The topological polar surface area (TPSA) is 46.4 Å². The maximum absolute atomic E-state index is 10.6. The second-order valence-corrected chi connectivity index (χ2v) is 4.35. The van der Waals surface area contributed by atoms with E-state index in [0.29, 0.717) is 5.02 Å². The van der Waals surface area contributed by atoms with Crippen molar-refractivity contribution in [2.24, 2.45) is 0 Å². The van der Waals surface area contributed by atoms with Crippen LogP contribution in [0.2, 0.25) is 5.02 Å². The number of nitro groups is 1. The molecule has 1 heterocycles. The maximum atomic E-state index is 10.6. The summed E-state index contributed by atoms with van der Waals surface area (Å²) in [5, 5.41) is 11.0. The second-order valence-electron chi connectivity index (χ2n) is 3.94. The first-order valence-corrected chi connectivity index (χ1v) is 5.75. The SMILES string of the molecule is O=[N+]([O-])c1ccc(N2CCCCC2)c(Cl)c1. The minimum Gasteiger partial charge on any atom is -0.370 e. The second kappa shape index (κ2) is 4.70. The molecular formula is C11H13ClN2O2. The van der Waals surface area contributed by atoms with Gasteiger partial charge in [0.05, 0.1) is 15.6 Å². The number of piperidine rings is 1. The van der Waals surface area contributed by atoms with Crippen LogP contribution in [-0.2, 0) is 0 Å². The van der Waals surface area contributed by atoms with Crippen molar-refractivity contribution in [1.82, 2.24) is 0 Å². The zero-order valence-corrected chi connectivity index (χ0v) is 9.61. The number of hydrogen-bond donors (Lipinski definition) is 0. The van der Waals surface area contributed by atoms with Gasteiger partial charge in [0.15, 0.2) is 0 Å². The molecule has 0 N–H and O–H groups in total. The van der Waals surface area contributed by atoms with Crippen LogP contribution >= 0.6 is 11.6 Å². The molecule has 0 aromatic heterocycles. The summed E-state index contributed by atoms with van der Waals surface area (Å²) < 4.78 is 0. The standard InChI is InChI=1S/C11H13ClN2O2/c12-10-8-9(14(15)16)4-5-11(10)13-6-2-1-3-7-13/h4-5,8H,1-3,6-7H2. The Hall–Kier alpha value is -1.29. The Bertz CT molecular complexity index is 403. The van der Waals surface area contributed by atoms with E-state index >= 15 is 0 Å². The third-order valence-corrected chi connectivity index (χ3v) is 3.14. The van der Waals surface area contributed by atoms with E-state index in [1.165, 1.54) is 18.6 Å². The van der Waals surface area contributed by atoms with Gasteiger partial charge in [-0.05, 0) is 25.3 Å². The van der Waals surface area contributed by atoms with Gasteiger partial charge in [0.2, 0.25) is 0 Å². The van der Waals surface area contributed by atoms with E-state index in [-0.39, 0.29) is 5.69 Å².